The smallest absolute Gasteiger partial charge is 0.0880 e. The van der Waals surface area contributed by atoms with Gasteiger partial charge in [-0.25, -0.2) is 0 Å². The highest BCUT2D eigenvalue weighted by Gasteiger charge is 2.34. The van der Waals surface area contributed by atoms with E-state index in [-0.39, 0.29) is 6.10 Å². The first kappa shape index (κ1) is 13.0. The molecule has 1 rings (SSSR count). The van der Waals surface area contributed by atoms with Crippen LogP contribution in [0.4, 0.5) is 0 Å². The fourth-order valence-corrected chi connectivity index (χ4v) is 2.31. The molecule has 0 spiro atoms. The molecule has 1 N–H and O–H groups in total. The van der Waals surface area contributed by atoms with Gasteiger partial charge in [-0.1, -0.05) is 13.8 Å². The zero-order valence-electron chi connectivity index (χ0n) is 10.6. The lowest BCUT2D eigenvalue weighted by molar-refractivity contribution is -0.0923. The van der Waals surface area contributed by atoms with Crippen LogP contribution < -0.4 is 0 Å². The van der Waals surface area contributed by atoms with Crippen LogP contribution in [0.2, 0.25) is 0 Å². The highest BCUT2D eigenvalue weighted by molar-refractivity contribution is 4.86. The third kappa shape index (κ3) is 4.12. The summed E-state index contributed by atoms with van der Waals surface area (Å²) in [5.41, 5.74) is -0.546. The normalized spacial score (nSPS) is 32.6. The van der Waals surface area contributed by atoms with Crippen molar-refractivity contribution < 1.29 is 9.84 Å². The summed E-state index contributed by atoms with van der Waals surface area (Å²) in [7, 11) is 0. The summed E-state index contributed by atoms with van der Waals surface area (Å²) >= 11 is 0. The molecule has 1 fully saturated rings. The number of hydrogen-bond donors (Lipinski definition) is 1. The lowest BCUT2D eigenvalue weighted by atomic mass is 9.75. The van der Waals surface area contributed by atoms with Crippen molar-refractivity contribution in [1.82, 2.24) is 0 Å². The van der Waals surface area contributed by atoms with E-state index in [1.54, 1.807) is 0 Å². The van der Waals surface area contributed by atoms with Crippen molar-refractivity contribution in [3.63, 3.8) is 0 Å². The monoisotopic (exact) mass is 214 g/mol. The largest absolute Gasteiger partial charge is 0.387 e. The van der Waals surface area contributed by atoms with Gasteiger partial charge in [-0.3, -0.25) is 0 Å². The number of rotatable bonds is 4. The molecule has 0 radical (unpaired) electrons. The van der Waals surface area contributed by atoms with E-state index >= 15 is 0 Å². The summed E-state index contributed by atoms with van der Waals surface area (Å²) in [6.07, 6.45) is 4.33. The summed E-state index contributed by atoms with van der Waals surface area (Å²) in [5.74, 6) is 1.55. The molecule has 0 aromatic carbocycles. The van der Waals surface area contributed by atoms with Gasteiger partial charge in [0, 0.05) is 0 Å². The molecule has 2 heteroatoms. The Morgan fingerprint density at radius 3 is 2.13 bits per heavy atom. The molecular formula is C13H26O2. The molecule has 0 unspecified atom stereocenters. The molecule has 0 amide bonds. The molecule has 0 aromatic heterocycles. The summed E-state index contributed by atoms with van der Waals surface area (Å²) in [4.78, 5) is 0. The lowest BCUT2D eigenvalue weighted by Crippen LogP contribution is -2.40. The van der Waals surface area contributed by atoms with Gasteiger partial charge in [0.2, 0.25) is 0 Å². The van der Waals surface area contributed by atoms with E-state index in [0.29, 0.717) is 6.61 Å². The zero-order valence-corrected chi connectivity index (χ0v) is 10.6. The summed E-state index contributed by atoms with van der Waals surface area (Å²) < 4.78 is 5.53. The lowest BCUT2D eigenvalue weighted by Gasteiger charge is -2.37. The van der Waals surface area contributed by atoms with Crippen molar-refractivity contribution in [3.8, 4) is 0 Å². The maximum Gasteiger partial charge on any atom is 0.0880 e. The Morgan fingerprint density at radius 1 is 1.20 bits per heavy atom. The molecule has 1 saturated carbocycles. The van der Waals surface area contributed by atoms with Gasteiger partial charge in [0.25, 0.3) is 0 Å². The van der Waals surface area contributed by atoms with E-state index in [1.165, 1.54) is 0 Å². The molecule has 1 aliphatic carbocycles. The Bertz CT molecular complexity index is 179. The van der Waals surface area contributed by atoms with Crippen molar-refractivity contribution in [2.45, 2.75) is 65.1 Å². The molecule has 0 aromatic rings. The molecule has 90 valence electrons. The van der Waals surface area contributed by atoms with Gasteiger partial charge in [0.1, 0.15) is 0 Å². The predicted octanol–water partition coefficient (Wildman–Crippen LogP) is 2.99. The van der Waals surface area contributed by atoms with Crippen molar-refractivity contribution >= 4 is 0 Å². The first-order chi connectivity index (χ1) is 6.93. The third-order valence-corrected chi connectivity index (χ3v) is 3.59. The number of hydrogen-bond acceptors (Lipinski definition) is 2. The van der Waals surface area contributed by atoms with Gasteiger partial charge >= 0.3 is 0 Å². The Labute approximate surface area is 94.0 Å². The van der Waals surface area contributed by atoms with E-state index < -0.39 is 5.60 Å². The first-order valence-corrected chi connectivity index (χ1v) is 6.27. The van der Waals surface area contributed by atoms with Gasteiger partial charge in [-0.05, 0) is 51.4 Å². The van der Waals surface area contributed by atoms with E-state index in [2.05, 4.69) is 13.8 Å². The molecule has 0 bridgehead atoms. The molecule has 2 nitrogen and oxygen atoms in total. The summed E-state index contributed by atoms with van der Waals surface area (Å²) in [5, 5.41) is 10.3. The van der Waals surface area contributed by atoms with Crippen LogP contribution in [-0.4, -0.2) is 23.4 Å². The minimum absolute atomic E-state index is 0.219. The maximum atomic E-state index is 10.3. The van der Waals surface area contributed by atoms with Crippen molar-refractivity contribution in [2.75, 3.05) is 6.61 Å². The summed E-state index contributed by atoms with van der Waals surface area (Å²) in [6.45, 7) is 9.10. The zero-order chi connectivity index (χ0) is 11.5. The Balaban J connectivity index is 2.34. The van der Waals surface area contributed by atoms with E-state index in [9.17, 15) is 5.11 Å². The Morgan fingerprint density at radius 2 is 1.73 bits per heavy atom. The third-order valence-electron chi connectivity index (χ3n) is 3.59. The van der Waals surface area contributed by atoms with Crippen LogP contribution in [0, 0.1) is 11.8 Å². The van der Waals surface area contributed by atoms with Gasteiger partial charge in [0.15, 0.2) is 0 Å². The van der Waals surface area contributed by atoms with Gasteiger partial charge in [0.05, 0.1) is 18.3 Å². The molecular weight excluding hydrogens is 188 g/mol. The van der Waals surface area contributed by atoms with E-state index in [0.717, 1.165) is 37.5 Å². The second-order valence-electron chi connectivity index (χ2n) is 5.67. The van der Waals surface area contributed by atoms with Crippen LogP contribution in [-0.2, 0) is 4.74 Å². The fraction of sp³-hybridized carbons (Fsp3) is 1.00. The molecule has 0 atom stereocenters. The topological polar surface area (TPSA) is 29.5 Å². The fourth-order valence-electron chi connectivity index (χ4n) is 2.31. The highest BCUT2D eigenvalue weighted by Crippen LogP contribution is 2.36. The minimum Gasteiger partial charge on any atom is -0.387 e. The highest BCUT2D eigenvalue weighted by atomic mass is 16.5. The minimum atomic E-state index is -0.546. The van der Waals surface area contributed by atoms with Crippen LogP contribution in [0.5, 0.6) is 0 Å². The Kier molecular flexibility index (Phi) is 4.60. The molecule has 1 aliphatic rings. The second kappa shape index (κ2) is 5.31. The molecule has 15 heavy (non-hydrogen) atoms. The van der Waals surface area contributed by atoms with Crippen molar-refractivity contribution in [3.05, 3.63) is 0 Å². The van der Waals surface area contributed by atoms with Crippen LogP contribution >= 0.6 is 0 Å². The molecule has 0 heterocycles. The van der Waals surface area contributed by atoms with Crippen molar-refractivity contribution in [2.24, 2.45) is 11.8 Å². The standard InChI is InChI=1S/C13H26O2/c1-10(2)12-5-7-13(14,8-6-12)9-15-11(3)4/h10-12,14H,5-9H2,1-4H3. The number of aliphatic hydroxyl groups is 1. The summed E-state index contributed by atoms with van der Waals surface area (Å²) in [6, 6.07) is 0. The van der Waals surface area contributed by atoms with Crippen molar-refractivity contribution in [1.29, 1.82) is 0 Å². The maximum absolute atomic E-state index is 10.3. The first-order valence-electron chi connectivity index (χ1n) is 6.27. The molecule has 0 saturated heterocycles. The van der Waals surface area contributed by atoms with Crippen LogP contribution in [0.15, 0.2) is 0 Å². The average Bonchev–Trinajstić information content (AvgIpc) is 2.16. The van der Waals surface area contributed by atoms with Crippen LogP contribution in [0.1, 0.15) is 53.4 Å². The Hall–Kier alpha value is -0.0800. The van der Waals surface area contributed by atoms with Crippen LogP contribution in [0.25, 0.3) is 0 Å². The van der Waals surface area contributed by atoms with Gasteiger partial charge in [-0.2, -0.15) is 0 Å². The van der Waals surface area contributed by atoms with Gasteiger partial charge in [-0.15, -0.1) is 0 Å². The van der Waals surface area contributed by atoms with E-state index in [4.69, 9.17) is 4.74 Å². The quantitative estimate of drug-likeness (QED) is 0.779. The number of ether oxygens (including phenoxy) is 1. The van der Waals surface area contributed by atoms with Crippen LogP contribution in [0.3, 0.4) is 0 Å². The van der Waals surface area contributed by atoms with Gasteiger partial charge < -0.3 is 9.84 Å². The SMILES string of the molecule is CC(C)OCC1(O)CCC(C(C)C)CC1. The predicted molar refractivity (Wildman–Crippen MR) is 62.8 cm³/mol. The average molecular weight is 214 g/mol. The van der Waals surface area contributed by atoms with E-state index in [1.807, 2.05) is 13.8 Å². The second-order valence-corrected chi connectivity index (χ2v) is 5.67. The molecule has 0 aliphatic heterocycles.